The Bertz CT molecular complexity index is 680. The first-order valence-corrected chi connectivity index (χ1v) is 5.42. The van der Waals surface area contributed by atoms with Crippen molar-refractivity contribution < 1.29 is 21.6 Å². The third-order valence-corrected chi connectivity index (χ3v) is 3.40. The van der Waals surface area contributed by atoms with Crippen molar-refractivity contribution in [1.82, 2.24) is 0 Å². The van der Waals surface area contributed by atoms with Gasteiger partial charge in [0.1, 0.15) is 0 Å². The highest BCUT2D eigenvalue weighted by atomic mass is 16.7. The molecule has 0 bridgehead atoms. The van der Waals surface area contributed by atoms with E-state index in [1.165, 1.54) is 0 Å². The lowest BCUT2D eigenvalue weighted by Gasteiger charge is -2.32. The van der Waals surface area contributed by atoms with Crippen LogP contribution < -0.4 is 5.46 Å². The Morgan fingerprint density at radius 3 is 1.94 bits per heavy atom. The summed E-state index contributed by atoms with van der Waals surface area (Å²) in [7, 11) is -1.38. The average molecular weight is 241 g/mol. The van der Waals surface area contributed by atoms with E-state index in [9.17, 15) is 0 Å². The van der Waals surface area contributed by atoms with Crippen LogP contribution in [0.5, 0.6) is 0 Å². The van der Waals surface area contributed by atoms with E-state index in [1.54, 1.807) is 27.7 Å². The molecule has 0 unspecified atom stereocenters. The maximum absolute atomic E-state index is 8.03. The molecule has 0 aromatic heterocycles. The number of benzene rings is 1. The third kappa shape index (κ3) is 2.02. The predicted octanol–water partition coefficient (Wildman–Crippen LogP) is 2.60. The summed E-state index contributed by atoms with van der Waals surface area (Å²) in [5.41, 5.74) is -3.36. The first-order chi connectivity index (χ1) is 11.4. The van der Waals surface area contributed by atoms with Gasteiger partial charge in [-0.2, -0.15) is 0 Å². The van der Waals surface area contributed by atoms with Crippen molar-refractivity contribution in [3.63, 3.8) is 0 Å². The summed E-state index contributed by atoms with van der Waals surface area (Å²) in [6, 6.07) is -2.18. The Kier molecular flexibility index (Phi) is 1.24. The van der Waals surface area contributed by atoms with Crippen LogP contribution in [-0.4, -0.2) is 18.3 Å². The molecule has 1 aliphatic rings. The van der Waals surface area contributed by atoms with Gasteiger partial charge >= 0.3 is 7.12 Å². The molecule has 0 radical (unpaired) electrons. The largest absolute Gasteiger partial charge is 0.495 e. The Hall–Kier alpha value is -0.795. The van der Waals surface area contributed by atoms with Crippen LogP contribution in [0.15, 0.2) is 18.1 Å². The van der Waals surface area contributed by atoms with E-state index >= 15 is 0 Å². The van der Waals surface area contributed by atoms with E-state index in [4.69, 9.17) is 21.6 Å². The molecule has 92 valence electrons. The minimum atomic E-state index is -2.88. The van der Waals surface area contributed by atoms with Gasteiger partial charge in [-0.05, 0) is 46.9 Å². The number of rotatable bonds is 1. The Morgan fingerprint density at radius 1 is 1.06 bits per heavy atom. The molecule has 0 aliphatic carbocycles. The van der Waals surface area contributed by atoms with Gasteiger partial charge in [0.15, 0.2) is 0 Å². The monoisotopic (exact) mass is 241 g/mol. The quantitative estimate of drug-likeness (QED) is 0.703. The van der Waals surface area contributed by atoms with E-state index in [1.807, 2.05) is 0 Å². The molecule has 2 nitrogen and oxygen atoms in total. The fraction of sp³-hybridized carbons (Fsp3) is 0.571. The standard InChI is InChI=1S/C14H21BO2/c1-10-8-7-9-11(2)12(10)15-16-13(3,4)14(5,6)17-15/h7-9H,1-6H3/i1D3,2D3,7D,8D,9D. The maximum atomic E-state index is 8.03. The molecule has 0 saturated carbocycles. The molecule has 0 amide bonds. The second-order valence-corrected chi connectivity index (χ2v) is 5.13. The van der Waals surface area contributed by atoms with Gasteiger partial charge in [0.25, 0.3) is 0 Å². The van der Waals surface area contributed by atoms with Gasteiger partial charge in [-0.25, -0.2) is 0 Å². The predicted molar refractivity (Wildman–Crippen MR) is 71.6 cm³/mol. The molecule has 1 heterocycles. The molecule has 0 N–H and O–H groups in total. The van der Waals surface area contributed by atoms with Crippen LogP contribution in [0.2, 0.25) is 0 Å². The average Bonchev–Trinajstić information content (AvgIpc) is 2.61. The SMILES string of the molecule is [2H]c1c([2H])c(C([2H])([2H])[2H])c(B2OC(C)(C)C(C)(C)O2)c(C([2H])([2H])[2H])c1[2H]. The summed E-state index contributed by atoms with van der Waals surface area (Å²) < 4.78 is 82.1. The molecule has 17 heavy (non-hydrogen) atoms. The molecule has 0 atom stereocenters. The summed E-state index contributed by atoms with van der Waals surface area (Å²) >= 11 is 0. The number of hydrogen-bond donors (Lipinski definition) is 0. The first kappa shape index (κ1) is 5.46. The third-order valence-electron chi connectivity index (χ3n) is 3.40. The minimum Gasteiger partial charge on any atom is -0.399 e. The van der Waals surface area contributed by atoms with E-state index in [-0.39, 0.29) is 5.46 Å². The zero-order valence-corrected chi connectivity index (χ0v) is 10.4. The minimum absolute atomic E-state index is 0.366. The molecule has 2 rings (SSSR count). The first-order valence-electron chi connectivity index (χ1n) is 9.92. The lowest BCUT2D eigenvalue weighted by Crippen LogP contribution is -2.41. The highest BCUT2D eigenvalue weighted by Crippen LogP contribution is 2.36. The number of hydrogen-bond acceptors (Lipinski definition) is 2. The van der Waals surface area contributed by atoms with Gasteiger partial charge in [-0.15, -0.1) is 0 Å². The second kappa shape index (κ2) is 3.86. The summed E-state index contributed by atoms with van der Waals surface area (Å²) in [5.74, 6) is 0. The summed E-state index contributed by atoms with van der Waals surface area (Å²) in [4.78, 5) is 0. The Morgan fingerprint density at radius 2 is 1.53 bits per heavy atom. The lowest BCUT2D eigenvalue weighted by atomic mass is 9.73. The van der Waals surface area contributed by atoms with Crippen LogP contribution in [0.3, 0.4) is 0 Å². The maximum Gasteiger partial charge on any atom is 0.495 e. The molecule has 1 saturated heterocycles. The van der Waals surface area contributed by atoms with Crippen LogP contribution in [0.1, 0.15) is 51.2 Å². The van der Waals surface area contributed by atoms with Crippen LogP contribution in [0.25, 0.3) is 0 Å². The van der Waals surface area contributed by atoms with Gasteiger partial charge in [0, 0.05) is 8.22 Å². The molecular weight excluding hydrogens is 211 g/mol. The van der Waals surface area contributed by atoms with Gasteiger partial charge in [-0.1, -0.05) is 29.3 Å². The highest BCUT2D eigenvalue weighted by molar-refractivity contribution is 6.63. The molecule has 1 aromatic carbocycles. The molecule has 1 aromatic rings. The van der Waals surface area contributed by atoms with Gasteiger partial charge in [0.05, 0.1) is 15.3 Å². The molecule has 1 fully saturated rings. The molecule has 0 spiro atoms. The molecule has 1 aliphatic heterocycles. The van der Waals surface area contributed by atoms with Crippen LogP contribution in [0.4, 0.5) is 0 Å². The van der Waals surface area contributed by atoms with E-state index < -0.39 is 61.3 Å². The van der Waals surface area contributed by atoms with Crippen molar-refractivity contribution in [1.29, 1.82) is 0 Å². The Labute approximate surface area is 117 Å². The zero-order chi connectivity index (χ0) is 20.5. The van der Waals surface area contributed by atoms with E-state index in [0.29, 0.717) is 0 Å². The normalized spacial score (nSPS) is 31.1. The van der Waals surface area contributed by atoms with Crippen LogP contribution in [0, 0.1) is 13.7 Å². The van der Waals surface area contributed by atoms with Crippen molar-refractivity contribution in [3.8, 4) is 0 Å². The van der Waals surface area contributed by atoms with Crippen molar-refractivity contribution >= 4 is 12.6 Å². The van der Waals surface area contributed by atoms with Crippen molar-refractivity contribution in [3.05, 3.63) is 29.3 Å². The van der Waals surface area contributed by atoms with Crippen molar-refractivity contribution in [2.45, 2.75) is 52.6 Å². The van der Waals surface area contributed by atoms with E-state index in [0.717, 1.165) is 0 Å². The zero-order valence-electron chi connectivity index (χ0n) is 19.4. The van der Waals surface area contributed by atoms with Crippen molar-refractivity contribution in [2.24, 2.45) is 0 Å². The molecule has 3 heteroatoms. The van der Waals surface area contributed by atoms with Gasteiger partial charge in [-0.3, -0.25) is 0 Å². The summed E-state index contributed by atoms with van der Waals surface area (Å²) in [6.07, 6.45) is 0. The van der Waals surface area contributed by atoms with Crippen LogP contribution in [-0.2, 0) is 9.31 Å². The summed E-state index contributed by atoms with van der Waals surface area (Å²) in [6.45, 7) is 1.13. The highest BCUT2D eigenvalue weighted by Gasteiger charge is 2.52. The fourth-order valence-electron chi connectivity index (χ4n) is 1.61. The lowest BCUT2D eigenvalue weighted by molar-refractivity contribution is 0.00578. The summed E-state index contributed by atoms with van der Waals surface area (Å²) in [5, 5.41) is 0. The fourth-order valence-corrected chi connectivity index (χ4v) is 1.61. The smallest absolute Gasteiger partial charge is 0.399 e. The van der Waals surface area contributed by atoms with Gasteiger partial charge < -0.3 is 9.31 Å². The Balaban J connectivity index is 2.91. The van der Waals surface area contributed by atoms with Crippen molar-refractivity contribution in [2.75, 3.05) is 0 Å². The van der Waals surface area contributed by atoms with E-state index in [2.05, 4.69) is 0 Å². The van der Waals surface area contributed by atoms with Gasteiger partial charge in [0.2, 0.25) is 0 Å². The second-order valence-electron chi connectivity index (χ2n) is 5.13. The topological polar surface area (TPSA) is 18.5 Å². The molecular formula is C14H21BO2. The van der Waals surface area contributed by atoms with Crippen LogP contribution >= 0.6 is 0 Å².